The summed E-state index contributed by atoms with van der Waals surface area (Å²) in [6.45, 7) is 6.31. The molecule has 1 aromatic heterocycles. The Morgan fingerprint density at radius 1 is 1.05 bits per heavy atom. The SMILES string of the molecule is C/C=C\c1oc2c(-c3ccc(C)cc3)cccc2c1CC. The Morgan fingerprint density at radius 2 is 1.81 bits per heavy atom. The van der Waals surface area contributed by atoms with Crippen LogP contribution in [0.4, 0.5) is 0 Å². The van der Waals surface area contributed by atoms with Gasteiger partial charge in [-0.05, 0) is 31.9 Å². The van der Waals surface area contributed by atoms with Crippen molar-refractivity contribution in [2.75, 3.05) is 0 Å². The second-order valence-corrected chi connectivity index (χ2v) is 5.35. The number of fused-ring (bicyclic) bond motifs is 1. The Bertz CT molecular complexity index is 789. The molecule has 0 aliphatic rings. The van der Waals surface area contributed by atoms with Gasteiger partial charge in [0.1, 0.15) is 11.3 Å². The standard InChI is InChI=1S/C20H20O/c1-4-7-19-16(5-2)18-9-6-8-17(20(18)21-19)15-12-10-14(3)11-13-15/h4,6-13H,5H2,1-3H3/b7-4-. The first-order valence-corrected chi connectivity index (χ1v) is 7.48. The summed E-state index contributed by atoms with van der Waals surface area (Å²) in [5, 5.41) is 1.23. The molecule has 3 rings (SSSR count). The van der Waals surface area contributed by atoms with Gasteiger partial charge in [-0.15, -0.1) is 0 Å². The van der Waals surface area contributed by atoms with Crippen LogP contribution < -0.4 is 0 Å². The molecule has 1 nitrogen and oxygen atoms in total. The van der Waals surface area contributed by atoms with E-state index in [9.17, 15) is 0 Å². The van der Waals surface area contributed by atoms with Gasteiger partial charge in [-0.1, -0.05) is 61.0 Å². The fraction of sp³-hybridized carbons (Fsp3) is 0.200. The van der Waals surface area contributed by atoms with Crippen LogP contribution in [-0.4, -0.2) is 0 Å². The minimum absolute atomic E-state index is 0.976. The van der Waals surface area contributed by atoms with E-state index in [0.29, 0.717) is 0 Å². The lowest BCUT2D eigenvalue weighted by Crippen LogP contribution is -1.82. The van der Waals surface area contributed by atoms with Crippen LogP contribution in [0.25, 0.3) is 28.2 Å². The Balaban J connectivity index is 2.27. The minimum Gasteiger partial charge on any atom is -0.456 e. The molecular weight excluding hydrogens is 256 g/mol. The van der Waals surface area contributed by atoms with Crippen molar-refractivity contribution < 1.29 is 4.42 Å². The molecule has 0 amide bonds. The molecule has 0 fully saturated rings. The van der Waals surface area contributed by atoms with Gasteiger partial charge < -0.3 is 4.42 Å². The maximum atomic E-state index is 6.16. The molecule has 106 valence electrons. The van der Waals surface area contributed by atoms with E-state index in [0.717, 1.165) is 23.3 Å². The highest BCUT2D eigenvalue weighted by Gasteiger charge is 2.14. The Labute approximate surface area is 125 Å². The van der Waals surface area contributed by atoms with Crippen molar-refractivity contribution in [1.29, 1.82) is 0 Å². The first-order chi connectivity index (χ1) is 10.2. The van der Waals surface area contributed by atoms with Crippen molar-refractivity contribution in [3.63, 3.8) is 0 Å². The molecular formula is C20H20O. The molecule has 21 heavy (non-hydrogen) atoms. The van der Waals surface area contributed by atoms with E-state index in [1.165, 1.54) is 22.1 Å². The summed E-state index contributed by atoms with van der Waals surface area (Å²) in [5.41, 5.74) is 5.92. The molecule has 0 aliphatic heterocycles. The summed E-state index contributed by atoms with van der Waals surface area (Å²) in [6, 6.07) is 15.0. The largest absolute Gasteiger partial charge is 0.456 e. The molecule has 0 saturated carbocycles. The zero-order valence-electron chi connectivity index (χ0n) is 12.8. The van der Waals surface area contributed by atoms with Gasteiger partial charge in [-0.25, -0.2) is 0 Å². The third-order valence-electron chi connectivity index (χ3n) is 3.88. The van der Waals surface area contributed by atoms with Gasteiger partial charge in [0.2, 0.25) is 0 Å². The van der Waals surface area contributed by atoms with E-state index >= 15 is 0 Å². The van der Waals surface area contributed by atoms with E-state index in [1.54, 1.807) is 0 Å². The van der Waals surface area contributed by atoms with Gasteiger partial charge in [0, 0.05) is 16.5 Å². The van der Waals surface area contributed by atoms with Crippen LogP contribution in [-0.2, 0) is 6.42 Å². The number of furan rings is 1. The lowest BCUT2D eigenvalue weighted by molar-refractivity contribution is 0.600. The molecule has 0 spiro atoms. The number of hydrogen-bond donors (Lipinski definition) is 0. The molecule has 2 aromatic carbocycles. The number of allylic oxidation sites excluding steroid dienone is 1. The fourth-order valence-corrected chi connectivity index (χ4v) is 2.80. The third kappa shape index (κ3) is 2.40. The van der Waals surface area contributed by atoms with E-state index in [2.05, 4.69) is 62.4 Å². The summed E-state index contributed by atoms with van der Waals surface area (Å²) in [7, 11) is 0. The first kappa shape index (κ1) is 13.7. The molecule has 0 unspecified atom stereocenters. The number of benzene rings is 2. The zero-order chi connectivity index (χ0) is 14.8. The summed E-state index contributed by atoms with van der Waals surface area (Å²) < 4.78 is 6.16. The molecule has 0 saturated heterocycles. The fourth-order valence-electron chi connectivity index (χ4n) is 2.80. The molecule has 0 bridgehead atoms. The van der Waals surface area contributed by atoms with Crippen molar-refractivity contribution in [3.05, 3.63) is 65.4 Å². The molecule has 0 aliphatic carbocycles. The summed E-state index contributed by atoms with van der Waals surface area (Å²) in [4.78, 5) is 0. The van der Waals surface area contributed by atoms with Crippen LogP contribution in [0.5, 0.6) is 0 Å². The predicted molar refractivity (Wildman–Crippen MR) is 90.5 cm³/mol. The molecule has 1 heteroatoms. The van der Waals surface area contributed by atoms with Crippen LogP contribution in [0.2, 0.25) is 0 Å². The van der Waals surface area contributed by atoms with Gasteiger partial charge in [0.15, 0.2) is 0 Å². The van der Waals surface area contributed by atoms with Gasteiger partial charge in [0.25, 0.3) is 0 Å². The van der Waals surface area contributed by atoms with Crippen LogP contribution >= 0.6 is 0 Å². The second-order valence-electron chi connectivity index (χ2n) is 5.35. The predicted octanol–water partition coefficient (Wildman–Crippen LogP) is 6.00. The second kappa shape index (κ2) is 5.61. The molecule has 0 atom stereocenters. The third-order valence-corrected chi connectivity index (χ3v) is 3.88. The highest BCUT2D eigenvalue weighted by molar-refractivity contribution is 5.96. The zero-order valence-corrected chi connectivity index (χ0v) is 12.8. The minimum atomic E-state index is 0.976. The Kier molecular flexibility index (Phi) is 3.66. The van der Waals surface area contributed by atoms with Crippen molar-refractivity contribution in [2.45, 2.75) is 27.2 Å². The Hall–Kier alpha value is -2.28. The van der Waals surface area contributed by atoms with Gasteiger partial charge in [0.05, 0.1) is 0 Å². The van der Waals surface area contributed by atoms with Crippen LogP contribution in [0.15, 0.2) is 53.0 Å². The summed E-state index contributed by atoms with van der Waals surface area (Å²) in [5.74, 6) is 0.981. The lowest BCUT2D eigenvalue weighted by atomic mass is 10.00. The monoisotopic (exact) mass is 276 g/mol. The number of aryl methyl sites for hydroxylation is 2. The number of para-hydroxylation sites is 1. The van der Waals surface area contributed by atoms with E-state index in [4.69, 9.17) is 4.42 Å². The lowest BCUT2D eigenvalue weighted by Gasteiger charge is -2.03. The van der Waals surface area contributed by atoms with Crippen LogP contribution in [0, 0.1) is 6.92 Å². The smallest absolute Gasteiger partial charge is 0.142 e. The molecule has 0 radical (unpaired) electrons. The topological polar surface area (TPSA) is 13.1 Å². The summed E-state index contributed by atoms with van der Waals surface area (Å²) >= 11 is 0. The van der Waals surface area contributed by atoms with Gasteiger partial charge in [-0.3, -0.25) is 0 Å². The average Bonchev–Trinajstić information content (AvgIpc) is 2.85. The van der Waals surface area contributed by atoms with E-state index in [-0.39, 0.29) is 0 Å². The van der Waals surface area contributed by atoms with Crippen LogP contribution in [0.1, 0.15) is 30.7 Å². The highest BCUT2D eigenvalue weighted by atomic mass is 16.3. The quantitative estimate of drug-likeness (QED) is 0.571. The van der Waals surface area contributed by atoms with E-state index in [1.807, 2.05) is 13.0 Å². The van der Waals surface area contributed by atoms with Crippen LogP contribution in [0.3, 0.4) is 0 Å². The normalized spacial score (nSPS) is 11.6. The average molecular weight is 276 g/mol. The molecule has 3 aromatic rings. The first-order valence-electron chi connectivity index (χ1n) is 7.48. The summed E-state index contributed by atoms with van der Waals surface area (Å²) in [6.07, 6.45) is 5.06. The van der Waals surface area contributed by atoms with Crippen molar-refractivity contribution >= 4 is 17.0 Å². The maximum Gasteiger partial charge on any atom is 0.142 e. The van der Waals surface area contributed by atoms with Gasteiger partial charge in [-0.2, -0.15) is 0 Å². The Morgan fingerprint density at radius 3 is 2.48 bits per heavy atom. The maximum absolute atomic E-state index is 6.16. The van der Waals surface area contributed by atoms with Crippen molar-refractivity contribution in [3.8, 4) is 11.1 Å². The van der Waals surface area contributed by atoms with Crippen molar-refractivity contribution in [2.24, 2.45) is 0 Å². The highest BCUT2D eigenvalue weighted by Crippen LogP contribution is 2.35. The number of rotatable bonds is 3. The number of hydrogen-bond acceptors (Lipinski definition) is 1. The van der Waals surface area contributed by atoms with Gasteiger partial charge >= 0.3 is 0 Å². The molecule has 1 heterocycles. The molecule has 0 N–H and O–H groups in total. The van der Waals surface area contributed by atoms with E-state index < -0.39 is 0 Å². The van der Waals surface area contributed by atoms with Crippen molar-refractivity contribution in [1.82, 2.24) is 0 Å².